The van der Waals surface area contributed by atoms with Crippen LogP contribution < -0.4 is 5.73 Å². The second kappa shape index (κ2) is 13.2. The number of carbonyl (C=O) groups is 1. The number of esters is 1. The van der Waals surface area contributed by atoms with E-state index in [4.69, 9.17) is 10.5 Å². The van der Waals surface area contributed by atoms with Crippen molar-refractivity contribution in [1.82, 2.24) is 4.90 Å². The van der Waals surface area contributed by atoms with Crippen LogP contribution in [0.1, 0.15) is 53.4 Å². The zero-order valence-corrected chi connectivity index (χ0v) is 17.4. The number of aliphatic hydroxyl groups is 1. The van der Waals surface area contributed by atoms with Crippen molar-refractivity contribution >= 4 is 17.5 Å². The normalized spacial score (nSPS) is 16.1. The fourth-order valence-electron chi connectivity index (χ4n) is 2.73. The van der Waals surface area contributed by atoms with Gasteiger partial charge in [-0.1, -0.05) is 26.0 Å². The first-order chi connectivity index (χ1) is 12.7. The Labute approximate surface area is 163 Å². The third-order valence-corrected chi connectivity index (χ3v) is 4.14. The lowest BCUT2D eigenvalue weighted by atomic mass is 10.0. The van der Waals surface area contributed by atoms with E-state index in [0.29, 0.717) is 18.9 Å². The second-order valence-corrected chi connectivity index (χ2v) is 6.38. The Morgan fingerprint density at radius 2 is 2.11 bits per heavy atom. The molecule has 154 valence electrons. The molecular weight excluding hydrogens is 344 g/mol. The summed E-state index contributed by atoms with van der Waals surface area (Å²) >= 11 is 0. The number of ether oxygens (including phenoxy) is 1. The Bertz CT molecular complexity index is 553. The zero-order valence-electron chi connectivity index (χ0n) is 17.4. The molecule has 0 radical (unpaired) electrons. The molecule has 0 saturated heterocycles. The van der Waals surface area contributed by atoms with E-state index in [1.807, 2.05) is 6.08 Å². The van der Waals surface area contributed by atoms with E-state index in [0.717, 1.165) is 18.6 Å². The fraction of sp³-hybridized carbons (Fsp3) is 0.650. The number of amidine groups is 1. The van der Waals surface area contributed by atoms with Crippen LogP contribution in [0.15, 0.2) is 34.9 Å². The molecule has 0 bridgehead atoms. The summed E-state index contributed by atoms with van der Waals surface area (Å²) in [6, 6.07) is -0.0846. The van der Waals surface area contributed by atoms with Crippen LogP contribution in [0.3, 0.4) is 0 Å². The number of rotatable bonds is 12. The van der Waals surface area contributed by atoms with Crippen LogP contribution in [0.2, 0.25) is 0 Å². The highest BCUT2D eigenvalue weighted by Gasteiger charge is 2.28. The van der Waals surface area contributed by atoms with Gasteiger partial charge in [0.2, 0.25) is 0 Å². The van der Waals surface area contributed by atoms with Crippen LogP contribution in [-0.4, -0.2) is 59.5 Å². The van der Waals surface area contributed by atoms with E-state index in [1.165, 1.54) is 6.20 Å². The number of nitrogens with zero attached hydrogens (tertiary/aromatic N) is 3. The van der Waals surface area contributed by atoms with Crippen molar-refractivity contribution in [3.63, 3.8) is 0 Å². The van der Waals surface area contributed by atoms with Crippen LogP contribution in [0.4, 0.5) is 0 Å². The summed E-state index contributed by atoms with van der Waals surface area (Å²) in [7, 11) is 1.73. The van der Waals surface area contributed by atoms with Gasteiger partial charge in [-0.2, -0.15) is 0 Å². The van der Waals surface area contributed by atoms with Crippen molar-refractivity contribution in [2.45, 2.75) is 65.1 Å². The van der Waals surface area contributed by atoms with Gasteiger partial charge >= 0.3 is 5.97 Å². The van der Waals surface area contributed by atoms with Crippen molar-refractivity contribution < 1.29 is 14.6 Å². The first-order valence-corrected chi connectivity index (χ1v) is 9.43. The smallest absolute Gasteiger partial charge is 0.307 e. The molecule has 27 heavy (non-hydrogen) atoms. The monoisotopic (exact) mass is 380 g/mol. The van der Waals surface area contributed by atoms with Crippen molar-refractivity contribution in [3.05, 3.63) is 24.9 Å². The Hall–Kier alpha value is -1.99. The molecule has 0 spiro atoms. The molecule has 0 aromatic rings. The lowest BCUT2D eigenvalue weighted by Gasteiger charge is -2.36. The molecule has 0 aromatic carbocycles. The molecule has 0 aliphatic carbocycles. The standard InChI is InChI=1S/C20H36N4O3/c1-7-11-17(21)18(22-6)12-10-14-20(5,26)24(16(4)23-8-2)15-13-19(25)27-9-3/h8,10,14,17,26H,2,7,9,11-13,15,21H2,1,3-6H3. The van der Waals surface area contributed by atoms with Crippen LogP contribution in [0.5, 0.6) is 0 Å². The van der Waals surface area contributed by atoms with E-state index >= 15 is 0 Å². The number of nitrogens with two attached hydrogens (primary N) is 1. The van der Waals surface area contributed by atoms with Crippen LogP contribution in [-0.2, 0) is 9.53 Å². The molecule has 2 atom stereocenters. The molecule has 0 rings (SSSR count). The summed E-state index contributed by atoms with van der Waals surface area (Å²) in [6.45, 7) is 11.4. The van der Waals surface area contributed by atoms with E-state index in [2.05, 4.69) is 23.5 Å². The van der Waals surface area contributed by atoms with E-state index in [-0.39, 0.29) is 25.0 Å². The van der Waals surface area contributed by atoms with Gasteiger partial charge in [-0.3, -0.25) is 9.79 Å². The topological polar surface area (TPSA) is 101 Å². The zero-order chi connectivity index (χ0) is 20.9. The van der Waals surface area contributed by atoms with Gasteiger partial charge in [0.15, 0.2) is 5.72 Å². The molecule has 3 N–H and O–H groups in total. The molecule has 0 heterocycles. The van der Waals surface area contributed by atoms with Crippen molar-refractivity contribution in [2.75, 3.05) is 20.2 Å². The SMILES string of the molecule is C=CN=C(C)N(CCC(=O)OCC)C(C)(O)C=CCC(=NC)C(N)CCC. The maximum absolute atomic E-state index is 11.7. The summed E-state index contributed by atoms with van der Waals surface area (Å²) in [5, 5.41) is 10.9. The van der Waals surface area contributed by atoms with Gasteiger partial charge < -0.3 is 20.5 Å². The van der Waals surface area contributed by atoms with Gasteiger partial charge in [0.1, 0.15) is 5.84 Å². The minimum atomic E-state index is -1.34. The number of hydrogen-bond donors (Lipinski definition) is 2. The van der Waals surface area contributed by atoms with Gasteiger partial charge in [-0.25, -0.2) is 4.99 Å². The first kappa shape index (κ1) is 25.0. The quantitative estimate of drug-likeness (QED) is 0.178. The Morgan fingerprint density at radius 3 is 2.63 bits per heavy atom. The van der Waals surface area contributed by atoms with Crippen molar-refractivity contribution in [3.8, 4) is 0 Å². The van der Waals surface area contributed by atoms with Gasteiger partial charge in [0.25, 0.3) is 0 Å². The van der Waals surface area contributed by atoms with Gasteiger partial charge in [-0.05, 0) is 33.3 Å². The summed E-state index contributed by atoms with van der Waals surface area (Å²) in [6.07, 6.45) is 7.47. The lowest BCUT2D eigenvalue weighted by molar-refractivity contribution is -0.143. The van der Waals surface area contributed by atoms with Gasteiger partial charge in [-0.15, -0.1) is 0 Å². The maximum Gasteiger partial charge on any atom is 0.307 e. The number of allylic oxidation sites excluding steroid dienone is 1. The maximum atomic E-state index is 11.7. The highest BCUT2D eigenvalue weighted by molar-refractivity contribution is 5.90. The number of aliphatic imine (C=N–C) groups is 2. The molecule has 0 amide bonds. The second-order valence-electron chi connectivity index (χ2n) is 6.38. The average Bonchev–Trinajstić information content (AvgIpc) is 2.59. The lowest BCUT2D eigenvalue weighted by Crippen LogP contribution is -2.48. The highest BCUT2D eigenvalue weighted by Crippen LogP contribution is 2.16. The van der Waals surface area contributed by atoms with Crippen LogP contribution >= 0.6 is 0 Å². The van der Waals surface area contributed by atoms with Crippen molar-refractivity contribution in [2.24, 2.45) is 15.7 Å². The minimum absolute atomic E-state index is 0.0846. The summed E-state index contributed by atoms with van der Waals surface area (Å²) in [4.78, 5) is 21.7. The van der Waals surface area contributed by atoms with E-state index in [9.17, 15) is 9.90 Å². The number of hydrogen-bond acceptors (Lipinski definition) is 6. The van der Waals surface area contributed by atoms with Gasteiger partial charge in [0, 0.05) is 38.0 Å². The predicted molar refractivity (Wildman–Crippen MR) is 112 cm³/mol. The third-order valence-electron chi connectivity index (χ3n) is 4.14. The van der Waals surface area contributed by atoms with Crippen LogP contribution in [0, 0.1) is 0 Å². The number of carbonyl (C=O) groups excluding carboxylic acids is 1. The predicted octanol–water partition coefficient (Wildman–Crippen LogP) is 2.66. The molecule has 0 aliphatic rings. The largest absolute Gasteiger partial charge is 0.466 e. The first-order valence-electron chi connectivity index (χ1n) is 9.43. The summed E-state index contributed by atoms with van der Waals surface area (Å²) in [5.74, 6) is 0.232. The minimum Gasteiger partial charge on any atom is -0.466 e. The van der Waals surface area contributed by atoms with Gasteiger partial charge in [0.05, 0.1) is 13.0 Å². The highest BCUT2D eigenvalue weighted by atomic mass is 16.5. The Kier molecular flexibility index (Phi) is 12.2. The molecular formula is C20H36N4O3. The fourth-order valence-corrected chi connectivity index (χ4v) is 2.73. The molecule has 0 aliphatic heterocycles. The Balaban J connectivity index is 5.23. The van der Waals surface area contributed by atoms with Crippen LogP contribution in [0.25, 0.3) is 0 Å². The third kappa shape index (κ3) is 9.49. The molecule has 7 nitrogen and oxygen atoms in total. The molecule has 0 aromatic heterocycles. The van der Waals surface area contributed by atoms with E-state index in [1.54, 1.807) is 38.8 Å². The summed E-state index contributed by atoms with van der Waals surface area (Å²) in [5.41, 5.74) is 5.68. The molecule has 7 heteroatoms. The molecule has 0 fully saturated rings. The molecule has 0 saturated carbocycles. The molecule has 2 unspecified atom stereocenters. The Morgan fingerprint density at radius 1 is 1.44 bits per heavy atom. The van der Waals surface area contributed by atoms with Crippen molar-refractivity contribution in [1.29, 1.82) is 0 Å². The summed E-state index contributed by atoms with van der Waals surface area (Å²) < 4.78 is 4.97. The average molecular weight is 381 g/mol. The van der Waals surface area contributed by atoms with E-state index < -0.39 is 5.72 Å².